The second-order valence-electron chi connectivity index (χ2n) is 9.86. The summed E-state index contributed by atoms with van der Waals surface area (Å²) >= 11 is 0. The van der Waals surface area contributed by atoms with Gasteiger partial charge in [-0.25, -0.2) is 9.18 Å². The van der Waals surface area contributed by atoms with E-state index in [2.05, 4.69) is 10.4 Å². The molecule has 1 aliphatic heterocycles. The average molecular weight is 558 g/mol. The number of aryl methyl sites for hydroxylation is 1. The zero-order chi connectivity index (χ0) is 29.0. The Bertz CT molecular complexity index is 1530. The number of hydrogen-bond acceptors (Lipinski definition) is 5. The zero-order valence-corrected chi connectivity index (χ0v) is 21.3. The minimum absolute atomic E-state index is 0.215. The third-order valence-electron chi connectivity index (χ3n) is 7.24. The molecule has 13 heteroatoms. The number of Topliss-reactive ketones (excluding diaryl/α,β-unsaturated/α-hetero) is 1. The van der Waals surface area contributed by atoms with Gasteiger partial charge in [0.05, 0.1) is 6.20 Å². The number of benzene rings is 2. The van der Waals surface area contributed by atoms with Crippen molar-refractivity contribution in [1.82, 2.24) is 24.9 Å². The second kappa shape index (κ2) is 9.57. The minimum Gasteiger partial charge on any atom is -0.325 e. The van der Waals surface area contributed by atoms with Crippen molar-refractivity contribution in [2.75, 3.05) is 6.54 Å². The fourth-order valence-electron chi connectivity index (χ4n) is 5.03. The maximum Gasteiger partial charge on any atom is 0.408 e. The topological polar surface area (TPSA) is 105 Å². The van der Waals surface area contributed by atoms with E-state index in [1.165, 1.54) is 12.1 Å². The summed E-state index contributed by atoms with van der Waals surface area (Å²) in [7, 11) is 1.73. The molecule has 2 atom stereocenters. The number of alkyl halides is 3. The molecule has 3 aromatic rings. The van der Waals surface area contributed by atoms with Crippen molar-refractivity contribution < 1.29 is 36.7 Å². The fourth-order valence-corrected chi connectivity index (χ4v) is 5.03. The third kappa shape index (κ3) is 4.61. The number of halogens is 4. The van der Waals surface area contributed by atoms with Crippen LogP contribution in [0.3, 0.4) is 0 Å². The predicted molar refractivity (Wildman–Crippen MR) is 132 cm³/mol. The zero-order valence-electron chi connectivity index (χ0n) is 21.3. The molecule has 1 fully saturated rings. The third-order valence-corrected chi connectivity index (χ3v) is 7.24. The van der Waals surface area contributed by atoms with Gasteiger partial charge in [0, 0.05) is 37.3 Å². The molecule has 2 heterocycles. The second-order valence-corrected chi connectivity index (χ2v) is 9.86. The lowest BCUT2D eigenvalue weighted by Gasteiger charge is -2.32. The summed E-state index contributed by atoms with van der Waals surface area (Å²) in [4.78, 5) is 53.6. The van der Waals surface area contributed by atoms with Crippen LogP contribution in [-0.4, -0.2) is 62.0 Å². The smallest absolute Gasteiger partial charge is 0.325 e. The number of urea groups is 1. The first-order chi connectivity index (χ1) is 18.8. The molecule has 0 unspecified atom stereocenters. The molecule has 5 rings (SSSR count). The number of rotatable bonds is 6. The molecule has 0 radical (unpaired) electrons. The van der Waals surface area contributed by atoms with E-state index in [0.29, 0.717) is 15.4 Å². The van der Waals surface area contributed by atoms with E-state index in [0.717, 1.165) is 24.6 Å². The molecule has 2 aromatic carbocycles. The summed E-state index contributed by atoms with van der Waals surface area (Å²) in [6.07, 6.45) is -1.86. The maximum absolute atomic E-state index is 13.6. The number of fused-ring (bicyclic) bond motifs is 2. The Morgan fingerprint density at radius 3 is 2.45 bits per heavy atom. The maximum atomic E-state index is 13.6. The lowest BCUT2D eigenvalue weighted by molar-refractivity contribution is -0.187. The molecular weight excluding hydrogens is 534 g/mol. The molecule has 1 aliphatic carbocycles. The summed E-state index contributed by atoms with van der Waals surface area (Å²) in [5.41, 5.74) is 0.303. The number of carbonyl (C=O) groups is 4. The molecule has 4 amide bonds. The summed E-state index contributed by atoms with van der Waals surface area (Å²) in [5, 5.41) is 6.60. The molecular formula is C27H23F4N5O4. The minimum atomic E-state index is -4.81. The van der Waals surface area contributed by atoms with Gasteiger partial charge in [0.25, 0.3) is 5.91 Å². The Labute approximate surface area is 225 Å². The SMILES string of the molecule is C[C@H](N(Cc1ccc(F)cc1)C(=O)CN1C(=O)N[C@]2(CC(=O)c3cc(-c4cnn(C)c4)ccc32)C1=O)C(F)(F)F. The van der Waals surface area contributed by atoms with E-state index in [-0.39, 0.29) is 16.7 Å². The molecule has 1 aromatic heterocycles. The lowest BCUT2D eigenvalue weighted by atomic mass is 9.90. The summed E-state index contributed by atoms with van der Waals surface area (Å²) in [6.45, 7) is -0.737. The van der Waals surface area contributed by atoms with E-state index < -0.39 is 66.7 Å². The van der Waals surface area contributed by atoms with E-state index >= 15 is 0 Å². The number of nitrogens with zero attached hydrogens (tertiary/aromatic N) is 4. The normalized spacial score (nSPS) is 19.2. The largest absolute Gasteiger partial charge is 0.408 e. The van der Waals surface area contributed by atoms with Crippen LogP contribution in [0.5, 0.6) is 0 Å². The average Bonchev–Trinajstić information content (AvgIpc) is 3.52. The Hall–Kier alpha value is -4.55. The molecule has 1 saturated heterocycles. The van der Waals surface area contributed by atoms with Crippen LogP contribution < -0.4 is 5.32 Å². The van der Waals surface area contributed by atoms with Crippen molar-refractivity contribution in [1.29, 1.82) is 0 Å². The molecule has 2 aliphatic rings. The summed E-state index contributed by atoms with van der Waals surface area (Å²) in [5.74, 6) is -3.07. The molecule has 0 bridgehead atoms. The Morgan fingerprint density at radius 1 is 1.12 bits per heavy atom. The fraction of sp³-hybridized carbons (Fsp3) is 0.296. The van der Waals surface area contributed by atoms with Gasteiger partial charge >= 0.3 is 12.2 Å². The highest BCUT2D eigenvalue weighted by atomic mass is 19.4. The van der Waals surface area contributed by atoms with Crippen LogP contribution >= 0.6 is 0 Å². The van der Waals surface area contributed by atoms with Crippen LogP contribution in [0, 0.1) is 5.82 Å². The molecule has 9 nitrogen and oxygen atoms in total. The van der Waals surface area contributed by atoms with Gasteiger partial charge in [-0.05, 0) is 41.8 Å². The van der Waals surface area contributed by atoms with Crippen LogP contribution in [0.2, 0.25) is 0 Å². The van der Waals surface area contributed by atoms with Crippen molar-refractivity contribution in [3.05, 3.63) is 77.4 Å². The highest BCUT2D eigenvalue weighted by molar-refractivity contribution is 6.17. The van der Waals surface area contributed by atoms with Crippen LogP contribution in [0.25, 0.3) is 11.1 Å². The molecule has 0 saturated carbocycles. The van der Waals surface area contributed by atoms with Gasteiger partial charge in [0.15, 0.2) is 11.3 Å². The molecule has 1 N–H and O–H groups in total. The standard InChI is InChI=1S/C27H23F4N5O4/c1-15(27(29,30)31)35(12-16-3-6-19(28)7-4-16)23(38)14-36-24(39)26(33-25(36)40)10-22(37)20-9-17(5-8-21(20)26)18-11-32-34(2)13-18/h3-9,11,13,15H,10,12,14H2,1-2H3,(H,33,40)/t15-,26-/m0/s1. The van der Waals surface area contributed by atoms with Crippen molar-refractivity contribution >= 4 is 23.6 Å². The van der Waals surface area contributed by atoms with Gasteiger partial charge in [-0.3, -0.25) is 24.0 Å². The number of carbonyl (C=O) groups excluding carboxylic acids is 4. The first kappa shape index (κ1) is 27.0. The van der Waals surface area contributed by atoms with Crippen molar-refractivity contribution in [2.24, 2.45) is 7.05 Å². The van der Waals surface area contributed by atoms with Gasteiger partial charge in [-0.2, -0.15) is 18.3 Å². The number of amides is 4. The van der Waals surface area contributed by atoms with Crippen molar-refractivity contribution in [3.63, 3.8) is 0 Å². The van der Waals surface area contributed by atoms with Crippen LogP contribution in [0.4, 0.5) is 22.4 Å². The van der Waals surface area contributed by atoms with Crippen LogP contribution in [0.1, 0.15) is 34.8 Å². The highest BCUT2D eigenvalue weighted by Gasteiger charge is 2.58. The lowest BCUT2D eigenvalue weighted by Crippen LogP contribution is -2.51. The van der Waals surface area contributed by atoms with Gasteiger partial charge in [-0.15, -0.1) is 0 Å². The van der Waals surface area contributed by atoms with Crippen molar-refractivity contribution in [3.8, 4) is 11.1 Å². The number of imide groups is 1. The van der Waals surface area contributed by atoms with Crippen LogP contribution in [-0.2, 0) is 28.7 Å². The summed E-state index contributed by atoms with van der Waals surface area (Å²) in [6, 6.07) is 6.10. The number of ketones is 1. The first-order valence-electron chi connectivity index (χ1n) is 12.2. The first-order valence-corrected chi connectivity index (χ1v) is 12.2. The van der Waals surface area contributed by atoms with Crippen LogP contribution in [0.15, 0.2) is 54.9 Å². The molecule has 40 heavy (non-hydrogen) atoms. The predicted octanol–water partition coefficient (Wildman–Crippen LogP) is 3.54. The van der Waals surface area contributed by atoms with Gasteiger partial charge in [0.1, 0.15) is 18.4 Å². The Morgan fingerprint density at radius 2 is 1.82 bits per heavy atom. The Kier molecular flexibility index (Phi) is 6.47. The highest BCUT2D eigenvalue weighted by Crippen LogP contribution is 2.42. The number of hydrogen-bond donors (Lipinski definition) is 1. The molecule has 208 valence electrons. The monoisotopic (exact) mass is 557 g/mol. The number of nitrogens with one attached hydrogen (secondary N) is 1. The van der Waals surface area contributed by atoms with Gasteiger partial charge in [-0.1, -0.05) is 24.3 Å². The number of aromatic nitrogens is 2. The molecule has 1 spiro atoms. The quantitative estimate of drug-likeness (QED) is 0.369. The van der Waals surface area contributed by atoms with E-state index in [1.807, 2.05) is 0 Å². The van der Waals surface area contributed by atoms with E-state index in [9.17, 15) is 36.7 Å². The van der Waals surface area contributed by atoms with Gasteiger partial charge < -0.3 is 10.2 Å². The van der Waals surface area contributed by atoms with Gasteiger partial charge in [0.2, 0.25) is 5.91 Å². The van der Waals surface area contributed by atoms with E-state index in [1.54, 1.807) is 42.3 Å². The summed E-state index contributed by atoms with van der Waals surface area (Å²) < 4.78 is 55.8. The van der Waals surface area contributed by atoms with E-state index in [4.69, 9.17) is 0 Å². The van der Waals surface area contributed by atoms with Crippen molar-refractivity contribution in [2.45, 2.75) is 37.6 Å². The Balaban J connectivity index is 1.41.